The molecule has 10 heteroatoms. The van der Waals surface area contributed by atoms with Crippen molar-refractivity contribution in [3.63, 3.8) is 0 Å². The molecule has 0 aliphatic rings. The Morgan fingerprint density at radius 2 is 0.800 bits per heavy atom. The standard InChI is InChI=1S/C30H30N10/c1-37(2)29(38(3)4)35-21-9-11-23-25(13-21)27(19(15-31)16-32)24-12-10-22(36-30(39(5)6)40(7)8)14-26(24)28(23)20(17-33)18-34/h9-14H,1-8H3. The summed E-state index contributed by atoms with van der Waals surface area (Å²) in [5, 5.41) is 42.8. The first-order valence-electron chi connectivity index (χ1n) is 12.2. The minimum atomic E-state index is -0.0860. The molecule has 0 radical (unpaired) electrons. The lowest BCUT2D eigenvalue weighted by Crippen LogP contribution is -2.35. The van der Waals surface area contributed by atoms with Crippen LogP contribution in [0.1, 0.15) is 0 Å². The average molecular weight is 531 g/mol. The minimum absolute atomic E-state index is 0.0860. The third kappa shape index (κ3) is 5.48. The molecule has 0 saturated heterocycles. The van der Waals surface area contributed by atoms with Crippen LogP contribution in [0.15, 0.2) is 46.4 Å². The van der Waals surface area contributed by atoms with Crippen LogP contribution in [0, 0.1) is 45.3 Å². The van der Waals surface area contributed by atoms with Crippen LogP contribution in [-0.2, 0) is 0 Å². The van der Waals surface area contributed by atoms with Gasteiger partial charge in [0.25, 0.3) is 0 Å². The first kappa shape index (κ1) is 29.0. The topological polar surface area (TPSA) is 133 Å². The number of hydrogen-bond acceptors (Lipinski definition) is 6. The maximum Gasteiger partial charge on any atom is 0.200 e. The maximum atomic E-state index is 9.93. The Morgan fingerprint density at radius 3 is 1.05 bits per heavy atom. The summed E-state index contributed by atoms with van der Waals surface area (Å²) in [7, 11) is 15.1. The molecule has 0 aliphatic heterocycles. The molecule has 10 nitrogen and oxygen atoms in total. The van der Waals surface area contributed by atoms with Crippen molar-refractivity contribution in [3.8, 4) is 24.3 Å². The summed E-state index contributed by atoms with van der Waals surface area (Å²) in [5.74, 6) is 1.38. The molecule has 0 spiro atoms. The van der Waals surface area contributed by atoms with E-state index in [2.05, 4.69) is 0 Å². The molecule has 0 bridgehead atoms. The molecule has 0 atom stereocenters. The van der Waals surface area contributed by atoms with E-state index in [0.29, 0.717) is 55.3 Å². The Labute approximate surface area is 234 Å². The molecular formula is C30H30N10. The molecule has 0 fully saturated rings. The Hall–Kier alpha value is -5.58. The zero-order valence-electron chi connectivity index (χ0n) is 23.9. The van der Waals surface area contributed by atoms with Gasteiger partial charge in [-0.1, -0.05) is 12.1 Å². The predicted octanol–water partition coefficient (Wildman–Crippen LogP) is 2.61. The summed E-state index contributed by atoms with van der Waals surface area (Å²) >= 11 is 0. The Balaban J connectivity index is 2.70. The van der Waals surface area contributed by atoms with Crippen molar-refractivity contribution in [3.05, 3.63) is 46.8 Å². The smallest absolute Gasteiger partial charge is 0.200 e. The van der Waals surface area contributed by atoms with E-state index < -0.39 is 0 Å². The van der Waals surface area contributed by atoms with E-state index in [0.717, 1.165) is 0 Å². The average Bonchev–Trinajstić information content (AvgIpc) is 2.91. The first-order valence-corrected chi connectivity index (χ1v) is 12.2. The van der Waals surface area contributed by atoms with Crippen molar-refractivity contribution in [2.45, 2.75) is 0 Å². The minimum Gasteiger partial charge on any atom is -0.349 e. The quantitative estimate of drug-likeness (QED) is 0.281. The highest BCUT2D eigenvalue weighted by atomic mass is 15.3. The van der Waals surface area contributed by atoms with Crippen molar-refractivity contribution in [2.75, 3.05) is 56.4 Å². The van der Waals surface area contributed by atoms with Crippen LogP contribution in [-0.4, -0.2) is 87.9 Å². The lowest BCUT2D eigenvalue weighted by molar-refractivity contribution is 0.484. The van der Waals surface area contributed by atoms with Crippen LogP contribution < -0.4 is 10.4 Å². The lowest BCUT2D eigenvalue weighted by atomic mass is 9.93. The van der Waals surface area contributed by atoms with E-state index in [9.17, 15) is 21.0 Å². The fourth-order valence-corrected chi connectivity index (χ4v) is 4.59. The van der Waals surface area contributed by atoms with Gasteiger partial charge in [0.05, 0.1) is 11.4 Å². The SMILES string of the molecule is CN(C)C(=Nc1ccc2c(=C(C#N)C#N)c3cc(N=C(N(C)C)N(C)C)ccc3c(=C(C#N)C#N)c2c1)N(C)C. The summed E-state index contributed by atoms with van der Waals surface area (Å²) in [6, 6.07) is 18.8. The van der Waals surface area contributed by atoms with Gasteiger partial charge in [-0.3, -0.25) is 0 Å². The molecule has 0 aromatic heterocycles. The zero-order valence-corrected chi connectivity index (χ0v) is 23.9. The summed E-state index contributed by atoms with van der Waals surface area (Å²) in [5.41, 5.74) is 1.00. The van der Waals surface area contributed by atoms with Crippen molar-refractivity contribution >= 4 is 56.0 Å². The third-order valence-corrected chi connectivity index (χ3v) is 6.09. The molecule has 0 amide bonds. The van der Waals surface area contributed by atoms with Crippen LogP contribution in [0.4, 0.5) is 11.4 Å². The molecule has 40 heavy (non-hydrogen) atoms. The largest absolute Gasteiger partial charge is 0.349 e. The van der Waals surface area contributed by atoms with Gasteiger partial charge in [-0.15, -0.1) is 0 Å². The molecule has 0 heterocycles. The van der Waals surface area contributed by atoms with Gasteiger partial charge in [-0.25, -0.2) is 9.98 Å². The van der Waals surface area contributed by atoms with Gasteiger partial charge in [0.2, 0.25) is 11.9 Å². The van der Waals surface area contributed by atoms with Crippen LogP contribution >= 0.6 is 0 Å². The molecule has 3 aromatic carbocycles. The van der Waals surface area contributed by atoms with Gasteiger partial charge in [0, 0.05) is 66.8 Å². The van der Waals surface area contributed by atoms with Crippen LogP contribution in [0.3, 0.4) is 0 Å². The molecule has 200 valence electrons. The van der Waals surface area contributed by atoms with E-state index >= 15 is 0 Å². The van der Waals surface area contributed by atoms with Gasteiger partial charge >= 0.3 is 0 Å². The monoisotopic (exact) mass is 530 g/mol. The summed E-state index contributed by atoms with van der Waals surface area (Å²) in [6.07, 6.45) is 0. The third-order valence-electron chi connectivity index (χ3n) is 6.09. The van der Waals surface area contributed by atoms with Gasteiger partial charge in [0.15, 0.2) is 0 Å². The van der Waals surface area contributed by atoms with Gasteiger partial charge in [-0.05, 0) is 45.8 Å². The van der Waals surface area contributed by atoms with E-state index in [4.69, 9.17) is 9.98 Å². The molecule has 3 aromatic rings. The second-order valence-electron chi connectivity index (χ2n) is 9.81. The molecule has 0 unspecified atom stereocenters. The van der Waals surface area contributed by atoms with Crippen molar-refractivity contribution in [2.24, 2.45) is 9.98 Å². The number of guanidine groups is 2. The number of fused-ring (bicyclic) bond motifs is 2. The Bertz CT molecular complexity index is 1660. The fraction of sp³-hybridized carbons (Fsp3) is 0.267. The molecular weight excluding hydrogens is 500 g/mol. The molecule has 0 N–H and O–H groups in total. The lowest BCUT2D eigenvalue weighted by Gasteiger charge is -2.22. The van der Waals surface area contributed by atoms with E-state index in [1.807, 2.05) is 100 Å². The number of aliphatic imine (C=N–C) groups is 2. The van der Waals surface area contributed by atoms with Crippen molar-refractivity contribution in [1.29, 1.82) is 21.0 Å². The maximum absolute atomic E-state index is 9.93. The van der Waals surface area contributed by atoms with Crippen LogP contribution in [0.25, 0.3) is 32.7 Å². The number of rotatable bonds is 2. The van der Waals surface area contributed by atoms with E-state index in [-0.39, 0.29) is 11.1 Å². The predicted molar refractivity (Wildman–Crippen MR) is 159 cm³/mol. The number of hydrogen-bond donors (Lipinski definition) is 0. The second kappa shape index (κ2) is 11.9. The van der Waals surface area contributed by atoms with Crippen molar-refractivity contribution < 1.29 is 0 Å². The number of benzene rings is 3. The highest BCUT2D eigenvalue weighted by molar-refractivity contribution is 6.07. The summed E-state index contributed by atoms with van der Waals surface area (Å²) in [4.78, 5) is 17.0. The highest BCUT2D eigenvalue weighted by Gasteiger charge is 2.15. The normalized spacial score (nSPS) is 9.90. The highest BCUT2D eigenvalue weighted by Crippen LogP contribution is 2.25. The van der Waals surface area contributed by atoms with Crippen molar-refractivity contribution in [1.82, 2.24) is 19.6 Å². The van der Waals surface area contributed by atoms with Crippen LogP contribution in [0.2, 0.25) is 0 Å². The molecule has 3 rings (SSSR count). The first-order chi connectivity index (χ1) is 19.0. The van der Waals surface area contributed by atoms with Gasteiger partial charge in [0.1, 0.15) is 35.4 Å². The molecule has 0 saturated carbocycles. The summed E-state index contributed by atoms with van der Waals surface area (Å²) < 4.78 is 0. The summed E-state index contributed by atoms with van der Waals surface area (Å²) in [6.45, 7) is 0. The molecule has 0 aliphatic carbocycles. The number of nitriles is 4. The second-order valence-corrected chi connectivity index (χ2v) is 9.81. The fourth-order valence-electron chi connectivity index (χ4n) is 4.59. The van der Waals surface area contributed by atoms with Crippen LogP contribution in [0.5, 0.6) is 0 Å². The van der Waals surface area contributed by atoms with Gasteiger partial charge < -0.3 is 19.6 Å². The Morgan fingerprint density at radius 1 is 0.500 bits per heavy atom. The zero-order chi connectivity index (χ0) is 29.7. The van der Waals surface area contributed by atoms with E-state index in [1.165, 1.54) is 0 Å². The Kier molecular flexibility index (Phi) is 8.59. The number of nitrogens with zero attached hydrogens (tertiary/aromatic N) is 10. The van der Waals surface area contributed by atoms with E-state index in [1.54, 1.807) is 36.4 Å². The van der Waals surface area contributed by atoms with Gasteiger partial charge in [-0.2, -0.15) is 21.0 Å².